The second-order valence-electron chi connectivity index (χ2n) is 4.39. The smallest absolute Gasteiger partial charge is 0.252 e. The minimum Gasteiger partial charge on any atom is -0.457 e. The van der Waals surface area contributed by atoms with Crippen LogP contribution in [0.2, 0.25) is 0 Å². The van der Waals surface area contributed by atoms with Crippen molar-refractivity contribution in [1.29, 1.82) is 0 Å². The molecule has 21 heavy (non-hydrogen) atoms. The van der Waals surface area contributed by atoms with E-state index in [0.29, 0.717) is 10.9 Å². The minimum atomic E-state index is -0.227. The number of nitrogens with one attached hydrogen (secondary N) is 1. The summed E-state index contributed by atoms with van der Waals surface area (Å²) in [4.78, 5) is 18.1. The maximum Gasteiger partial charge on any atom is 0.252 e. The lowest BCUT2D eigenvalue weighted by Crippen LogP contribution is -2.06. The van der Waals surface area contributed by atoms with Gasteiger partial charge in [-0.3, -0.25) is 4.79 Å². The summed E-state index contributed by atoms with van der Waals surface area (Å²) in [6, 6.07) is 18.4. The van der Waals surface area contributed by atoms with E-state index in [1.54, 1.807) is 0 Å². The summed E-state index contributed by atoms with van der Waals surface area (Å²) in [7, 11) is 0. The van der Waals surface area contributed by atoms with Gasteiger partial charge in [-0.05, 0) is 36.4 Å². The Kier molecular flexibility index (Phi) is 3.75. The molecule has 0 aliphatic carbocycles. The highest BCUT2D eigenvalue weighted by Crippen LogP contribution is 2.24. The number of ether oxygens (including phenoxy) is 1. The lowest BCUT2D eigenvalue weighted by molar-refractivity contribution is 0.483. The molecular weight excluding hydrogens is 284 g/mol. The third kappa shape index (κ3) is 3.32. The van der Waals surface area contributed by atoms with Crippen molar-refractivity contribution in [2.45, 2.75) is 5.16 Å². The van der Waals surface area contributed by atoms with Gasteiger partial charge in [0.15, 0.2) is 5.16 Å². The summed E-state index contributed by atoms with van der Waals surface area (Å²) in [6.45, 7) is 0. The van der Waals surface area contributed by atoms with Crippen LogP contribution in [0.15, 0.2) is 70.6 Å². The highest BCUT2D eigenvalue weighted by Gasteiger charge is 2.03. The van der Waals surface area contributed by atoms with Crippen LogP contribution in [0.4, 0.5) is 0 Å². The van der Waals surface area contributed by atoms with Crippen molar-refractivity contribution in [2.24, 2.45) is 0 Å². The van der Waals surface area contributed by atoms with Gasteiger partial charge in [0.2, 0.25) is 0 Å². The highest BCUT2D eigenvalue weighted by molar-refractivity contribution is 7.80. The number of hydrogen-bond acceptors (Lipinski definition) is 4. The quantitative estimate of drug-likeness (QED) is 0.574. The van der Waals surface area contributed by atoms with Crippen LogP contribution in [-0.4, -0.2) is 9.97 Å². The molecule has 1 heterocycles. The van der Waals surface area contributed by atoms with E-state index in [1.165, 1.54) is 6.07 Å². The van der Waals surface area contributed by atoms with Crippen molar-refractivity contribution < 1.29 is 4.74 Å². The lowest BCUT2D eigenvalue weighted by Gasteiger charge is -2.06. The molecule has 0 spiro atoms. The number of nitrogens with zero attached hydrogens (tertiary/aromatic N) is 1. The summed E-state index contributed by atoms with van der Waals surface area (Å²) in [5.41, 5.74) is 1.18. The average Bonchev–Trinajstić information content (AvgIpc) is 2.48. The maximum atomic E-state index is 11.4. The van der Waals surface area contributed by atoms with Gasteiger partial charge in [-0.15, -0.1) is 12.6 Å². The minimum absolute atomic E-state index is 0.227. The average molecular weight is 296 g/mol. The van der Waals surface area contributed by atoms with Gasteiger partial charge in [-0.25, -0.2) is 4.98 Å². The van der Waals surface area contributed by atoms with Crippen molar-refractivity contribution >= 4 is 12.6 Å². The predicted molar refractivity (Wildman–Crippen MR) is 84.1 cm³/mol. The molecule has 0 aliphatic heterocycles. The monoisotopic (exact) mass is 296 g/mol. The van der Waals surface area contributed by atoms with Crippen molar-refractivity contribution in [3.05, 3.63) is 71.0 Å². The molecule has 3 rings (SSSR count). The van der Waals surface area contributed by atoms with Crippen LogP contribution in [0.1, 0.15) is 0 Å². The van der Waals surface area contributed by atoms with Crippen molar-refractivity contribution in [3.8, 4) is 22.8 Å². The van der Waals surface area contributed by atoms with Crippen LogP contribution in [0.25, 0.3) is 11.3 Å². The first-order valence-corrected chi connectivity index (χ1v) is 6.79. The first-order chi connectivity index (χ1) is 10.2. The van der Waals surface area contributed by atoms with E-state index in [2.05, 4.69) is 22.6 Å². The molecule has 0 amide bonds. The van der Waals surface area contributed by atoms with E-state index in [1.807, 2.05) is 54.6 Å². The summed E-state index contributed by atoms with van der Waals surface area (Å²) in [5.74, 6) is 1.50. The molecule has 0 unspecified atom stereocenters. The van der Waals surface area contributed by atoms with Gasteiger partial charge < -0.3 is 9.72 Å². The van der Waals surface area contributed by atoms with Gasteiger partial charge in [-0.1, -0.05) is 18.2 Å². The number of aromatic amines is 1. The van der Waals surface area contributed by atoms with Crippen LogP contribution in [0.3, 0.4) is 0 Å². The summed E-state index contributed by atoms with van der Waals surface area (Å²) >= 11 is 4.07. The standard InChI is InChI=1S/C16H12N2O2S/c19-15-10-14(17-16(21)18-15)11-6-8-13(9-7-11)20-12-4-2-1-3-5-12/h1-10H,(H2,17,18,19,21). The Bertz CT molecular complexity index is 799. The molecule has 2 aromatic carbocycles. The van der Waals surface area contributed by atoms with Crippen LogP contribution in [0, 0.1) is 0 Å². The molecule has 4 nitrogen and oxygen atoms in total. The molecule has 0 radical (unpaired) electrons. The third-order valence-electron chi connectivity index (χ3n) is 2.86. The highest BCUT2D eigenvalue weighted by atomic mass is 32.1. The molecule has 0 atom stereocenters. The molecule has 0 saturated carbocycles. The molecule has 0 fully saturated rings. The van der Waals surface area contributed by atoms with E-state index < -0.39 is 0 Å². The van der Waals surface area contributed by atoms with Gasteiger partial charge in [-0.2, -0.15) is 0 Å². The zero-order chi connectivity index (χ0) is 14.7. The molecular formula is C16H12N2O2S. The second kappa shape index (κ2) is 5.85. The van der Waals surface area contributed by atoms with E-state index in [-0.39, 0.29) is 5.56 Å². The number of rotatable bonds is 3. The van der Waals surface area contributed by atoms with Gasteiger partial charge in [0.1, 0.15) is 11.5 Å². The largest absolute Gasteiger partial charge is 0.457 e. The predicted octanol–water partition coefficient (Wildman–Crippen LogP) is 3.52. The first kappa shape index (κ1) is 13.5. The van der Waals surface area contributed by atoms with Crippen molar-refractivity contribution in [2.75, 3.05) is 0 Å². The van der Waals surface area contributed by atoms with E-state index in [4.69, 9.17) is 4.74 Å². The number of hydrogen-bond donors (Lipinski definition) is 2. The molecule has 0 bridgehead atoms. The fourth-order valence-electron chi connectivity index (χ4n) is 1.91. The number of para-hydroxylation sites is 1. The number of thiol groups is 1. The fraction of sp³-hybridized carbons (Fsp3) is 0. The molecule has 104 valence electrons. The SMILES string of the molecule is O=c1cc(-c2ccc(Oc3ccccc3)cc2)nc(S)[nH]1. The Morgan fingerprint density at radius 1 is 0.952 bits per heavy atom. The van der Waals surface area contributed by atoms with Crippen LogP contribution in [-0.2, 0) is 0 Å². The van der Waals surface area contributed by atoms with Crippen LogP contribution < -0.4 is 10.3 Å². The molecule has 1 N–H and O–H groups in total. The summed E-state index contributed by atoms with van der Waals surface area (Å²) < 4.78 is 5.71. The van der Waals surface area contributed by atoms with Crippen molar-refractivity contribution in [3.63, 3.8) is 0 Å². The van der Waals surface area contributed by atoms with Gasteiger partial charge in [0.05, 0.1) is 5.69 Å². The normalized spacial score (nSPS) is 10.3. The topological polar surface area (TPSA) is 55.0 Å². The second-order valence-corrected chi connectivity index (χ2v) is 4.82. The lowest BCUT2D eigenvalue weighted by atomic mass is 10.1. The number of H-pyrrole nitrogens is 1. The Labute approximate surface area is 126 Å². The van der Waals surface area contributed by atoms with E-state index in [9.17, 15) is 4.79 Å². The van der Waals surface area contributed by atoms with E-state index >= 15 is 0 Å². The van der Waals surface area contributed by atoms with Crippen LogP contribution >= 0.6 is 12.6 Å². The van der Waals surface area contributed by atoms with E-state index in [0.717, 1.165) is 17.1 Å². The Hall–Kier alpha value is -2.53. The molecule has 0 saturated heterocycles. The van der Waals surface area contributed by atoms with Crippen LogP contribution in [0.5, 0.6) is 11.5 Å². The molecule has 3 aromatic rings. The van der Waals surface area contributed by atoms with Gasteiger partial charge in [0.25, 0.3) is 5.56 Å². The zero-order valence-corrected chi connectivity index (χ0v) is 11.9. The number of aromatic nitrogens is 2. The van der Waals surface area contributed by atoms with Gasteiger partial charge >= 0.3 is 0 Å². The summed E-state index contributed by atoms with van der Waals surface area (Å²) in [5, 5.41) is 0.294. The summed E-state index contributed by atoms with van der Waals surface area (Å²) in [6.07, 6.45) is 0. The van der Waals surface area contributed by atoms with Gasteiger partial charge in [0, 0.05) is 11.6 Å². The first-order valence-electron chi connectivity index (χ1n) is 6.34. The van der Waals surface area contributed by atoms with Crippen molar-refractivity contribution in [1.82, 2.24) is 9.97 Å². The fourth-order valence-corrected chi connectivity index (χ4v) is 2.13. The third-order valence-corrected chi connectivity index (χ3v) is 3.07. The number of benzene rings is 2. The molecule has 0 aliphatic rings. The zero-order valence-electron chi connectivity index (χ0n) is 11.0. The maximum absolute atomic E-state index is 11.4. The Morgan fingerprint density at radius 2 is 1.62 bits per heavy atom. The molecule has 1 aromatic heterocycles. The Balaban J connectivity index is 1.85. The molecule has 5 heteroatoms. The Morgan fingerprint density at radius 3 is 2.29 bits per heavy atom.